The van der Waals surface area contributed by atoms with Crippen LogP contribution in [0.25, 0.3) is 22.2 Å². The second kappa shape index (κ2) is 9.38. The maximum Gasteiger partial charge on any atom is 0.573 e. The van der Waals surface area contributed by atoms with Crippen molar-refractivity contribution >= 4 is 17.0 Å². The van der Waals surface area contributed by atoms with E-state index in [1.165, 1.54) is 24.3 Å². The van der Waals surface area contributed by atoms with Crippen LogP contribution in [0.4, 0.5) is 13.2 Å². The van der Waals surface area contributed by atoms with Crippen molar-refractivity contribution in [1.82, 2.24) is 9.97 Å². The number of hydrogen-bond acceptors (Lipinski definition) is 4. The van der Waals surface area contributed by atoms with Gasteiger partial charge in [0.2, 0.25) is 0 Å². The molecule has 4 rings (SSSR count). The molecule has 0 aliphatic rings. The van der Waals surface area contributed by atoms with E-state index >= 15 is 0 Å². The molecule has 6 nitrogen and oxygen atoms in total. The van der Waals surface area contributed by atoms with Gasteiger partial charge in [0.15, 0.2) is 0 Å². The Labute approximate surface area is 191 Å². The fourth-order valence-corrected chi connectivity index (χ4v) is 3.66. The van der Waals surface area contributed by atoms with Gasteiger partial charge in [-0.2, -0.15) is 0 Å². The summed E-state index contributed by atoms with van der Waals surface area (Å²) in [5, 5.41) is 9.17. The number of fused-ring (bicyclic) bond motifs is 1. The van der Waals surface area contributed by atoms with E-state index < -0.39 is 12.3 Å². The number of aromatic nitrogens is 2. The minimum atomic E-state index is -4.79. The Balaban J connectivity index is 1.76. The highest BCUT2D eigenvalue weighted by molar-refractivity contribution is 5.85. The third kappa shape index (κ3) is 5.61. The summed E-state index contributed by atoms with van der Waals surface area (Å²) in [6, 6.07) is 18.0. The number of alkyl halides is 3. The van der Waals surface area contributed by atoms with Crippen LogP contribution in [-0.2, 0) is 17.6 Å². The molecule has 0 radical (unpaired) electrons. The van der Waals surface area contributed by atoms with Gasteiger partial charge in [-0.3, -0.25) is 9.59 Å². The molecule has 0 unspecified atom stereocenters. The fourth-order valence-electron chi connectivity index (χ4n) is 3.66. The highest BCUT2D eigenvalue weighted by Crippen LogP contribution is 2.30. The lowest BCUT2D eigenvalue weighted by atomic mass is 9.98. The fraction of sp³-hybridized carbons (Fsp3) is 0.160. The first-order valence-corrected chi connectivity index (χ1v) is 10.4. The van der Waals surface area contributed by atoms with Gasteiger partial charge in [0.25, 0.3) is 5.56 Å². The molecule has 0 bridgehead atoms. The number of rotatable bonds is 7. The molecule has 1 aromatic heterocycles. The van der Waals surface area contributed by atoms with Gasteiger partial charge in [0, 0.05) is 12.8 Å². The van der Waals surface area contributed by atoms with Crippen molar-refractivity contribution < 1.29 is 27.8 Å². The number of hydrogen-bond donors (Lipinski definition) is 2. The number of carboxylic acid groups (broad SMARTS) is 1. The molecule has 3 aromatic carbocycles. The van der Waals surface area contributed by atoms with E-state index in [9.17, 15) is 22.8 Å². The van der Waals surface area contributed by atoms with E-state index in [1.54, 1.807) is 12.1 Å². The first-order chi connectivity index (χ1) is 16.2. The van der Waals surface area contributed by atoms with Gasteiger partial charge in [0.1, 0.15) is 11.4 Å². The highest BCUT2D eigenvalue weighted by Gasteiger charge is 2.31. The maximum absolute atomic E-state index is 12.7. The Kier molecular flexibility index (Phi) is 6.36. The Morgan fingerprint density at radius 3 is 2.35 bits per heavy atom. The van der Waals surface area contributed by atoms with E-state index in [0.717, 1.165) is 5.56 Å². The normalized spacial score (nSPS) is 11.5. The van der Waals surface area contributed by atoms with Crippen LogP contribution < -0.4 is 10.3 Å². The van der Waals surface area contributed by atoms with Crippen LogP contribution in [0.5, 0.6) is 5.75 Å². The van der Waals surface area contributed by atoms with E-state index in [2.05, 4.69) is 14.7 Å². The van der Waals surface area contributed by atoms with Crippen molar-refractivity contribution in [2.45, 2.75) is 25.6 Å². The molecule has 174 valence electrons. The molecule has 0 amide bonds. The Bertz CT molecular complexity index is 1380. The lowest BCUT2D eigenvalue weighted by Crippen LogP contribution is -2.17. The quantitative estimate of drug-likeness (QED) is 0.394. The lowest BCUT2D eigenvalue weighted by molar-refractivity contribution is -0.274. The van der Waals surface area contributed by atoms with Gasteiger partial charge in [-0.05, 0) is 52.9 Å². The monoisotopic (exact) mass is 468 g/mol. The van der Waals surface area contributed by atoms with E-state index in [1.807, 2.05) is 30.3 Å². The zero-order valence-electron chi connectivity index (χ0n) is 17.7. The Morgan fingerprint density at radius 2 is 1.71 bits per heavy atom. The topological polar surface area (TPSA) is 92.3 Å². The molecule has 0 aliphatic heterocycles. The number of nitrogens with zero attached hydrogens (tertiary/aromatic N) is 1. The zero-order chi connectivity index (χ0) is 24.3. The van der Waals surface area contributed by atoms with Crippen molar-refractivity contribution in [3.63, 3.8) is 0 Å². The van der Waals surface area contributed by atoms with Gasteiger partial charge in [-0.25, -0.2) is 4.98 Å². The molecular weight excluding hydrogens is 449 g/mol. The first kappa shape index (κ1) is 23.0. The number of carbonyl (C=O) groups is 1. The van der Waals surface area contributed by atoms with Gasteiger partial charge >= 0.3 is 12.3 Å². The van der Waals surface area contributed by atoms with Crippen molar-refractivity contribution in [3.8, 4) is 16.9 Å². The summed E-state index contributed by atoms with van der Waals surface area (Å²) >= 11 is 0. The van der Waals surface area contributed by atoms with Crippen LogP contribution in [0.15, 0.2) is 71.5 Å². The van der Waals surface area contributed by atoms with Crippen LogP contribution in [0, 0.1) is 0 Å². The number of aryl methyl sites for hydroxylation is 1. The number of aromatic amines is 1. The molecule has 9 heteroatoms. The van der Waals surface area contributed by atoms with Crippen molar-refractivity contribution in [3.05, 3.63) is 93.9 Å². The SMILES string of the molecule is O=C(O)CCc1cc(-c2ccc(OC(F)(F)F)cc2)cc2[nH]c(=O)c(Cc3ccccc3)nc12. The molecule has 0 spiro atoms. The van der Waals surface area contributed by atoms with Crippen LogP contribution >= 0.6 is 0 Å². The minimum Gasteiger partial charge on any atom is -0.481 e. The second-order valence-electron chi connectivity index (χ2n) is 7.67. The zero-order valence-corrected chi connectivity index (χ0v) is 17.7. The number of carboxylic acids is 1. The predicted molar refractivity (Wildman–Crippen MR) is 120 cm³/mol. The predicted octanol–water partition coefficient (Wildman–Crippen LogP) is 5.10. The summed E-state index contributed by atoms with van der Waals surface area (Å²) in [4.78, 5) is 31.3. The first-order valence-electron chi connectivity index (χ1n) is 10.4. The second-order valence-corrected chi connectivity index (χ2v) is 7.67. The average Bonchev–Trinajstić information content (AvgIpc) is 2.78. The lowest BCUT2D eigenvalue weighted by Gasteiger charge is -2.12. The molecular formula is C25H19F3N2O4. The van der Waals surface area contributed by atoms with Crippen LogP contribution in [0.2, 0.25) is 0 Å². The third-order valence-corrected chi connectivity index (χ3v) is 5.19. The van der Waals surface area contributed by atoms with Gasteiger partial charge in [0.05, 0.1) is 11.0 Å². The summed E-state index contributed by atoms with van der Waals surface area (Å²) in [5.41, 5.74) is 3.51. The Hall–Kier alpha value is -4.14. The average molecular weight is 468 g/mol. The van der Waals surface area contributed by atoms with E-state index in [-0.39, 0.29) is 24.2 Å². The summed E-state index contributed by atoms with van der Waals surface area (Å²) < 4.78 is 41.2. The standard InChI is InChI=1S/C25H19F3N2O4/c26-25(27,28)34-19-9-6-16(7-10-19)18-13-17(8-11-22(31)32)23-20(14-18)30-24(33)21(29-23)12-15-4-2-1-3-5-15/h1-7,9-10,13-14H,8,11-12H2,(H,30,33)(H,31,32). The number of benzene rings is 3. The van der Waals surface area contributed by atoms with Crippen LogP contribution in [0.1, 0.15) is 23.2 Å². The molecule has 4 aromatic rings. The summed E-state index contributed by atoms with van der Waals surface area (Å²) in [7, 11) is 0. The number of nitrogens with one attached hydrogen (secondary N) is 1. The molecule has 2 N–H and O–H groups in total. The third-order valence-electron chi connectivity index (χ3n) is 5.19. The number of ether oxygens (including phenoxy) is 1. The minimum absolute atomic E-state index is 0.147. The number of halogens is 3. The molecule has 0 saturated carbocycles. The van der Waals surface area contributed by atoms with Crippen LogP contribution in [0.3, 0.4) is 0 Å². The smallest absolute Gasteiger partial charge is 0.481 e. The molecule has 0 atom stereocenters. The number of H-pyrrole nitrogens is 1. The molecule has 0 saturated heterocycles. The Morgan fingerprint density at radius 1 is 1.00 bits per heavy atom. The number of aliphatic carboxylic acids is 1. The summed E-state index contributed by atoms with van der Waals surface area (Å²) in [5.74, 6) is -1.34. The highest BCUT2D eigenvalue weighted by atomic mass is 19.4. The van der Waals surface area contributed by atoms with Crippen molar-refractivity contribution in [1.29, 1.82) is 0 Å². The van der Waals surface area contributed by atoms with Crippen molar-refractivity contribution in [2.24, 2.45) is 0 Å². The largest absolute Gasteiger partial charge is 0.573 e. The van der Waals surface area contributed by atoms with Crippen LogP contribution in [-0.4, -0.2) is 27.4 Å². The molecule has 0 fully saturated rings. The van der Waals surface area contributed by atoms with Crippen molar-refractivity contribution in [2.75, 3.05) is 0 Å². The maximum atomic E-state index is 12.7. The van der Waals surface area contributed by atoms with E-state index in [0.29, 0.717) is 39.8 Å². The molecule has 34 heavy (non-hydrogen) atoms. The molecule has 1 heterocycles. The van der Waals surface area contributed by atoms with E-state index in [4.69, 9.17) is 5.11 Å². The molecule has 0 aliphatic carbocycles. The van der Waals surface area contributed by atoms with Gasteiger partial charge in [-0.15, -0.1) is 13.2 Å². The summed E-state index contributed by atoms with van der Waals surface area (Å²) in [6.45, 7) is 0. The summed E-state index contributed by atoms with van der Waals surface area (Å²) in [6.07, 6.45) is -4.46. The van der Waals surface area contributed by atoms with Gasteiger partial charge in [-0.1, -0.05) is 42.5 Å². The van der Waals surface area contributed by atoms with Gasteiger partial charge < -0.3 is 14.8 Å².